The molecule has 27 heavy (non-hydrogen) atoms. The summed E-state index contributed by atoms with van der Waals surface area (Å²) in [4.78, 5) is 40.8. The summed E-state index contributed by atoms with van der Waals surface area (Å²) in [5.74, 6) is -1.50. The predicted octanol–water partition coefficient (Wildman–Crippen LogP) is 0.575. The molecule has 0 radical (unpaired) electrons. The molecule has 0 aliphatic carbocycles. The van der Waals surface area contributed by atoms with Gasteiger partial charge < -0.3 is 20.3 Å². The first-order valence-electron chi connectivity index (χ1n) is 9.40. The molecule has 0 bridgehead atoms. The van der Waals surface area contributed by atoms with Crippen LogP contribution >= 0.6 is 0 Å². The molecule has 152 valence electrons. The van der Waals surface area contributed by atoms with E-state index in [1.165, 1.54) is 20.0 Å². The third-order valence-electron chi connectivity index (χ3n) is 4.56. The van der Waals surface area contributed by atoms with E-state index in [1.54, 1.807) is 6.92 Å². The summed E-state index contributed by atoms with van der Waals surface area (Å²) in [6, 6.07) is -0.963. The van der Waals surface area contributed by atoms with Gasteiger partial charge in [-0.15, -0.1) is 0 Å². The Labute approximate surface area is 160 Å². The van der Waals surface area contributed by atoms with Crippen LogP contribution in [-0.4, -0.2) is 79.1 Å². The van der Waals surface area contributed by atoms with E-state index in [9.17, 15) is 14.4 Å². The van der Waals surface area contributed by atoms with Gasteiger partial charge in [-0.2, -0.15) is 4.79 Å². The highest BCUT2D eigenvalue weighted by atomic mass is 16.5. The molecule has 0 aromatic carbocycles. The molecule has 0 spiro atoms. The topological polar surface area (TPSA) is 121 Å². The van der Waals surface area contributed by atoms with Crippen LogP contribution in [0.15, 0.2) is 0 Å². The Morgan fingerprint density at radius 2 is 1.89 bits per heavy atom. The second-order valence-corrected chi connectivity index (χ2v) is 6.61. The fourth-order valence-corrected chi connectivity index (χ4v) is 2.80. The highest BCUT2D eigenvalue weighted by Gasteiger charge is 2.26. The number of hydrogen-bond donors (Lipinski definition) is 1. The lowest BCUT2D eigenvalue weighted by Crippen LogP contribution is -2.46. The molecule has 1 heterocycles. The largest absolute Gasteiger partial charge is 0.463 e. The fraction of sp³-hybridized carbons (Fsp3) is 0.778. The molecule has 1 aliphatic rings. The zero-order chi connectivity index (χ0) is 20.1. The molecule has 1 rings (SSSR count). The average Bonchev–Trinajstić information content (AvgIpc) is 2.93. The zero-order valence-electron chi connectivity index (χ0n) is 16.2. The molecule has 1 aliphatic heterocycles. The maximum Gasteiger partial charge on any atom is 0.328 e. The van der Waals surface area contributed by atoms with E-state index in [4.69, 9.17) is 15.0 Å². The Balaban J connectivity index is 2.54. The molecule has 0 saturated carbocycles. The maximum atomic E-state index is 12.4. The summed E-state index contributed by atoms with van der Waals surface area (Å²) in [5.41, 5.74) is 8.39. The monoisotopic (exact) mass is 382 g/mol. The summed E-state index contributed by atoms with van der Waals surface area (Å²) < 4.78 is 10.3. The molecule has 1 N–H and O–H groups in total. The smallest absolute Gasteiger partial charge is 0.328 e. The molecule has 1 fully saturated rings. The summed E-state index contributed by atoms with van der Waals surface area (Å²) in [6.07, 6.45) is 4.79. The minimum atomic E-state index is -0.963. The van der Waals surface area contributed by atoms with Crippen LogP contribution in [0.1, 0.15) is 45.4 Å². The number of ether oxygens (including phenoxy) is 2. The van der Waals surface area contributed by atoms with Crippen molar-refractivity contribution in [3.05, 3.63) is 5.53 Å². The minimum absolute atomic E-state index is 0.0512. The number of methoxy groups -OCH3 is 1. The summed E-state index contributed by atoms with van der Waals surface area (Å²) in [6.45, 7) is 4.44. The number of likely N-dealkylation sites (tertiary alicyclic amines) is 1. The number of rotatable bonds is 11. The number of nitrogens with one attached hydrogen (secondary N) is 1. The number of Topliss-reactive ketones (excluding diaryl/α,β-unsaturated/α-hetero) is 1. The zero-order valence-corrected chi connectivity index (χ0v) is 16.2. The number of esters is 1. The highest BCUT2D eigenvalue weighted by Crippen LogP contribution is 2.09. The number of carbonyl (C=O) groups is 3. The van der Waals surface area contributed by atoms with E-state index >= 15 is 0 Å². The van der Waals surface area contributed by atoms with Crippen LogP contribution in [0.5, 0.6) is 0 Å². The van der Waals surface area contributed by atoms with Crippen molar-refractivity contribution in [2.24, 2.45) is 0 Å². The quantitative estimate of drug-likeness (QED) is 0.241. The first kappa shape index (κ1) is 23.0. The molecule has 0 aromatic heterocycles. The van der Waals surface area contributed by atoms with E-state index in [0.29, 0.717) is 6.54 Å². The van der Waals surface area contributed by atoms with Crippen molar-refractivity contribution < 1.29 is 28.6 Å². The van der Waals surface area contributed by atoms with E-state index in [0.717, 1.165) is 32.1 Å². The van der Waals surface area contributed by atoms with Gasteiger partial charge in [0.2, 0.25) is 11.7 Å². The molecule has 0 aromatic rings. The van der Waals surface area contributed by atoms with E-state index in [-0.39, 0.29) is 19.4 Å². The van der Waals surface area contributed by atoms with Crippen LogP contribution in [0.2, 0.25) is 0 Å². The van der Waals surface area contributed by atoms with Crippen molar-refractivity contribution in [1.82, 2.24) is 10.2 Å². The van der Waals surface area contributed by atoms with Gasteiger partial charge in [-0.1, -0.05) is 12.8 Å². The Morgan fingerprint density at radius 3 is 2.48 bits per heavy atom. The molecular weight excluding hydrogens is 352 g/mol. The SMILES string of the molecule is CO[C@H](C)C(=O)N[C@@H](CCC(=O)C=[N+]=[N-])C(=O)OCCN1CCCCCC1. The lowest BCUT2D eigenvalue weighted by Gasteiger charge is -2.22. The van der Waals surface area contributed by atoms with Crippen LogP contribution < -0.4 is 5.32 Å². The third-order valence-corrected chi connectivity index (χ3v) is 4.56. The van der Waals surface area contributed by atoms with Crippen molar-refractivity contribution in [1.29, 1.82) is 0 Å². The van der Waals surface area contributed by atoms with Gasteiger partial charge in [0.25, 0.3) is 0 Å². The highest BCUT2D eigenvalue weighted by molar-refractivity contribution is 6.25. The first-order chi connectivity index (χ1) is 13.0. The molecule has 9 nitrogen and oxygen atoms in total. The average molecular weight is 382 g/mol. The van der Waals surface area contributed by atoms with Crippen molar-refractivity contribution in [2.75, 3.05) is 33.4 Å². The van der Waals surface area contributed by atoms with Crippen LogP contribution in [-0.2, 0) is 23.9 Å². The summed E-state index contributed by atoms with van der Waals surface area (Å²) in [5, 5.41) is 2.55. The molecule has 2 atom stereocenters. The summed E-state index contributed by atoms with van der Waals surface area (Å²) >= 11 is 0. The van der Waals surface area contributed by atoms with Crippen LogP contribution in [0.4, 0.5) is 0 Å². The standard InChI is InChI=1S/C18H30N4O5/c1-14(26-2)17(24)21-16(8-7-15(23)13-20-19)18(25)27-12-11-22-9-5-3-4-6-10-22/h13-14,16H,3-12H2,1-2H3,(H,21,24)/t14-,16+/m1/s1. The summed E-state index contributed by atoms with van der Waals surface area (Å²) in [7, 11) is 1.39. The number of hydrogen-bond acceptors (Lipinski definition) is 6. The number of amides is 1. The van der Waals surface area contributed by atoms with E-state index < -0.39 is 29.8 Å². The molecular formula is C18H30N4O5. The Bertz CT molecular complexity index is 540. The maximum absolute atomic E-state index is 12.4. The number of nitrogens with zero attached hydrogens (tertiary/aromatic N) is 3. The van der Waals surface area contributed by atoms with Gasteiger partial charge in [0.05, 0.1) is 0 Å². The van der Waals surface area contributed by atoms with Crippen molar-refractivity contribution in [3.8, 4) is 0 Å². The molecule has 0 unspecified atom stereocenters. The van der Waals surface area contributed by atoms with E-state index in [2.05, 4.69) is 15.0 Å². The van der Waals surface area contributed by atoms with Gasteiger partial charge in [-0.05, 0) is 39.3 Å². The van der Waals surface area contributed by atoms with Crippen molar-refractivity contribution >= 4 is 23.9 Å². The van der Waals surface area contributed by atoms with Gasteiger partial charge in [-0.25, -0.2) is 4.79 Å². The molecule has 1 saturated heterocycles. The number of carbonyl (C=O) groups excluding carboxylic acids is 3. The van der Waals surface area contributed by atoms with Gasteiger partial charge in [-0.3, -0.25) is 14.5 Å². The van der Waals surface area contributed by atoms with Crippen molar-refractivity contribution in [3.63, 3.8) is 0 Å². The lowest BCUT2D eigenvalue weighted by molar-refractivity contribution is -0.149. The Hall–Kier alpha value is -2.09. The second-order valence-electron chi connectivity index (χ2n) is 6.61. The van der Waals surface area contributed by atoms with Crippen LogP contribution in [0.3, 0.4) is 0 Å². The van der Waals surface area contributed by atoms with Gasteiger partial charge >= 0.3 is 12.2 Å². The predicted molar refractivity (Wildman–Crippen MR) is 98.2 cm³/mol. The van der Waals surface area contributed by atoms with Gasteiger partial charge in [0, 0.05) is 20.1 Å². The Morgan fingerprint density at radius 1 is 1.22 bits per heavy atom. The normalized spacial score (nSPS) is 17.1. The minimum Gasteiger partial charge on any atom is -0.463 e. The molecule has 1 amide bonds. The Kier molecular flexibility index (Phi) is 11.2. The van der Waals surface area contributed by atoms with Gasteiger partial charge in [0.1, 0.15) is 18.8 Å². The lowest BCUT2D eigenvalue weighted by atomic mass is 10.1. The van der Waals surface area contributed by atoms with Crippen LogP contribution in [0.25, 0.3) is 5.53 Å². The number of ketones is 1. The third kappa shape index (κ3) is 9.42. The first-order valence-corrected chi connectivity index (χ1v) is 9.40. The second kappa shape index (κ2) is 13.1. The van der Waals surface area contributed by atoms with Crippen molar-refractivity contribution in [2.45, 2.75) is 57.6 Å². The fourth-order valence-electron chi connectivity index (χ4n) is 2.80. The van der Waals surface area contributed by atoms with Gasteiger partial charge in [0.15, 0.2) is 0 Å². The van der Waals surface area contributed by atoms with E-state index in [1.807, 2.05) is 0 Å². The van der Waals surface area contributed by atoms with Crippen LogP contribution in [0, 0.1) is 0 Å². The molecule has 9 heteroatoms.